The van der Waals surface area contributed by atoms with E-state index < -0.39 is 42.0 Å². The first-order chi connectivity index (χ1) is 12.7. The van der Waals surface area contributed by atoms with Gasteiger partial charge in [0.1, 0.15) is 5.60 Å². The second kappa shape index (κ2) is 7.76. The van der Waals surface area contributed by atoms with Crippen molar-refractivity contribution in [1.29, 1.82) is 0 Å². The maximum Gasteiger partial charge on any atom is 0.494 e. The second-order valence-electron chi connectivity index (χ2n) is 9.06. The number of carboxylic acid groups (broad SMARTS) is 1. The van der Waals surface area contributed by atoms with Crippen molar-refractivity contribution < 1.29 is 28.7 Å². The molecule has 0 spiro atoms. The standard InChI is InChI=1S/C20H30BNO6/c1-18(2,3)26-17(25)22-15(12-16(23)24)13-9-8-10-14(11-13)21-27-19(4,5)20(6,7)28-21/h8-11,15H,12H2,1-7H3,(H,22,25)(H,23,24). The van der Waals surface area contributed by atoms with Crippen LogP contribution in [0.25, 0.3) is 0 Å². The van der Waals surface area contributed by atoms with Gasteiger partial charge in [0.25, 0.3) is 0 Å². The summed E-state index contributed by atoms with van der Waals surface area (Å²) in [5.41, 5.74) is -0.244. The van der Waals surface area contributed by atoms with Gasteiger partial charge in [-0.1, -0.05) is 24.3 Å². The number of benzene rings is 1. The van der Waals surface area contributed by atoms with Gasteiger partial charge >= 0.3 is 19.2 Å². The summed E-state index contributed by atoms with van der Waals surface area (Å²) in [6.45, 7) is 13.1. The molecule has 7 nitrogen and oxygen atoms in total. The normalized spacial score (nSPS) is 19.2. The highest BCUT2D eigenvalue weighted by atomic mass is 16.7. The van der Waals surface area contributed by atoms with Crippen molar-refractivity contribution in [3.05, 3.63) is 29.8 Å². The molecule has 2 N–H and O–H groups in total. The Morgan fingerprint density at radius 3 is 2.25 bits per heavy atom. The lowest BCUT2D eigenvalue weighted by atomic mass is 9.78. The van der Waals surface area contributed by atoms with E-state index in [9.17, 15) is 14.7 Å². The van der Waals surface area contributed by atoms with Gasteiger partial charge < -0.3 is 24.5 Å². The average molecular weight is 391 g/mol. The fourth-order valence-electron chi connectivity index (χ4n) is 2.78. The Hall–Kier alpha value is -2.06. The van der Waals surface area contributed by atoms with Crippen LogP contribution in [0.2, 0.25) is 0 Å². The van der Waals surface area contributed by atoms with Crippen LogP contribution in [-0.4, -0.2) is 41.1 Å². The van der Waals surface area contributed by atoms with Crippen molar-refractivity contribution in [2.75, 3.05) is 0 Å². The molecule has 1 fully saturated rings. The molecule has 0 radical (unpaired) electrons. The number of carbonyl (C=O) groups is 2. The highest BCUT2D eigenvalue weighted by Crippen LogP contribution is 2.36. The maximum atomic E-state index is 12.2. The van der Waals surface area contributed by atoms with Crippen molar-refractivity contribution in [1.82, 2.24) is 5.32 Å². The minimum atomic E-state index is -1.03. The molecule has 0 aliphatic carbocycles. The summed E-state index contributed by atoms with van der Waals surface area (Å²) in [6, 6.07) is 6.47. The lowest BCUT2D eigenvalue weighted by Crippen LogP contribution is -2.41. The predicted molar refractivity (Wildman–Crippen MR) is 107 cm³/mol. The van der Waals surface area contributed by atoms with E-state index in [0.29, 0.717) is 5.56 Å². The summed E-state index contributed by atoms with van der Waals surface area (Å²) in [5, 5.41) is 11.9. The zero-order valence-corrected chi connectivity index (χ0v) is 17.7. The number of hydrogen-bond acceptors (Lipinski definition) is 5. The van der Waals surface area contributed by atoms with Crippen LogP contribution in [0.15, 0.2) is 24.3 Å². The van der Waals surface area contributed by atoms with E-state index in [4.69, 9.17) is 14.0 Å². The van der Waals surface area contributed by atoms with Crippen molar-refractivity contribution in [2.45, 2.75) is 77.7 Å². The molecule has 1 saturated heterocycles. The molecule has 8 heteroatoms. The van der Waals surface area contributed by atoms with E-state index in [1.807, 2.05) is 33.8 Å². The topological polar surface area (TPSA) is 94.1 Å². The number of rotatable bonds is 5. The Balaban J connectivity index is 2.24. The monoisotopic (exact) mass is 391 g/mol. The van der Waals surface area contributed by atoms with E-state index in [1.54, 1.807) is 39.0 Å². The van der Waals surface area contributed by atoms with Gasteiger partial charge in [-0.2, -0.15) is 0 Å². The van der Waals surface area contributed by atoms with E-state index in [-0.39, 0.29) is 6.42 Å². The van der Waals surface area contributed by atoms with E-state index >= 15 is 0 Å². The summed E-state index contributed by atoms with van der Waals surface area (Å²) in [4.78, 5) is 23.5. The van der Waals surface area contributed by atoms with Gasteiger partial charge in [0, 0.05) is 0 Å². The highest BCUT2D eigenvalue weighted by Gasteiger charge is 2.51. The molecule has 1 unspecified atom stereocenters. The molecule has 1 atom stereocenters. The van der Waals surface area contributed by atoms with Crippen molar-refractivity contribution >= 4 is 24.6 Å². The summed E-state index contributed by atoms with van der Waals surface area (Å²) >= 11 is 0. The van der Waals surface area contributed by atoms with Crippen LogP contribution in [0.3, 0.4) is 0 Å². The Kier molecular flexibility index (Phi) is 6.16. The first kappa shape index (κ1) is 22.2. The number of hydrogen-bond donors (Lipinski definition) is 2. The number of alkyl carbamates (subject to hydrolysis) is 1. The van der Waals surface area contributed by atoms with Crippen LogP contribution in [0.4, 0.5) is 4.79 Å². The van der Waals surface area contributed by atoms with E-state index in [0.717, 1.165) is 5.46 Å². The second-order valence-corrected chi connectivity index (χ2v) is 9.06. The van der Waals surface area contributed by atoms with Gasteiger partial charge in [-0.05, 0) is 59.5 Å². The quantitative estimate of drug-likeness (QED) is 0.750. The SMILES string of the molecule is CC(C)(C)OC(=O)NC(CC(=O)O)c1cccc(B2OC(C)(C)C(C)(C)O2)c1. The third kappa shape index (κ3) is 5.48. The average Bonchev–Trinajstić information content (AvgIpc) is 2.72. The molecule has 1 aromatic rings. The lowest BCUT2D eigenvalue weighted by Gasteiger charge is -2.32. The molecule has 0 aromatic heterocycles. The van der Waals surface area contributed by atoms with Gasteiger partial charge in [-0.15, -0.1) is 0 Å². The zero-order chi connectivity index (χ0) is 21.3. The summed E-state index contributed by atoms with van der Waals surface area (Å²) < 4.78 is 17.4. The van der Waals surface area contributed by atoms with Crippen LogP contribution in [0.1, 0.15) is 66.5 Å². The molecule has 1 aliphatic rings. The molecule has 1 aromatic carbocycles. The Morgan fingerprint density at radius 1 is 1.18 bits per heavy atom. The van der Waals surface area contributed by atoms with Crippen LogP contribution in [-0.2, 0) is 18.8 Å². The Labute approximate surface area is 166 Å². The van der Waals surface area contributed by atoms with Gasteiger partial charge in [-0.3, -0.25) is 4.79 Å². The molecular weight excluding hydrogens is 361 g/mol. The molecule has 1 amide bonds. The van der Waals surface area contributed by atoms with Crippen molar-refractivity contribution in [3.63, 3.8) is 0 Å². The number of ether oxygens (including phenoxy) is 1. The third-order valence-corrected chi connectivity index (χ3v) is 4.91. The summed E-state index contributed by atoms with van der Waals surface area (Å²) in [6.07, 6.45) is -0.939. The molecule has 28 heavy (non-hydrogen) atoms. The van der Waals surface area contributed by atoms with E-state index in [2.05, 4.69) is 5.32 Å². The van der Waals surface area contributed by atoms with Gasteiger partial charge in [0.15, 0.2) is 0 Å². The molecule has 154 valence electrons. The number of carboxylic acids is 1. The molecule has 1 aliphatic heterocycles. The number of carbonyl (C=O) groups excluding carboxylic acids is 1. The van der Waals surface area contributed by atoms with Crippen LogP contribution in [0, 0.1) is 0 Å². The first-order valence-corrected chi connectivity index (χ1v) is 9.37. The molecule has 2 rings (SSSR count). The largest absolute Gasteiger partial charge is 0.494 e. The lowest BCUT2D eigenvalue weighted by molar-refractivity contribution is -0.137. The minimum absolute atomic E-state index is 0.272. The van der Waals surface area contributed by atoms with Crippen LogP contribution in [0.5, 0.6) is 0 Å². The smallest absolute Gasteiger partial charge is 0.481 e. The molecular formula is C20H30BNO6. The van der Waals surface area contributed by atoms with Crippen LogP contribution >= 0.6 is 0 Å². The first-order valence-electron chi connectivity index (χ1n) is 9.37. The summed E-state index contributed by atoms with van der Waals surface area (Å²) in [5.74, 6) is -1.03. The van der Waals surface area contributed by atoms with Crippen LogP contribution < -0.4 is 10.8 Å². The molecule has 1 heterocycles. The van der Waals surface area contributed by atoms with E-state index in [1.165, 1.54) is 0 Å². The van der Waals surface area contributed by atoms with Crippen molar-refractivity contribution in [3.8, 4) is 0 Å². The number of amides is 1. The fraction of sp³-hybridized carbons (Fsp3) is 0.600. The Bertz CT molecular complexity index is 724. The van der Waals surface area contributed by atoms with Gasteiger partial charge in [-0.25, -0.2) is 4.79 Å². The summed E-state index contributed by atoms with van der Waals surface area (Å²) in [7, 11) is -0.572. The third-order valence-electron chi connectivity index (χ3n) is 4.91. The highest BCUT2D eigenvalue weighted by molar-refractivity contribution is 6.62. The van der Waals surface area contributed by atoms with Gasteiger partial charge in [0.2, 0.25) is 0 Å². The minimum Gasteiger partial charge on any atom is -0.481 e. The Morgan fingerprint density at radius 2 is 1.75 bits per heavy atom. The molecule has 0 bridgehead atoms. The predicted octanol–water partition coefficient (Wildman–Crippen LogP) is 3.03. The molecule has 0 saturated carbocycles. The zero-order valence-electron chi connectivity index (χ0n) is 17.7. The number of aliphatic carboxylic acids is 1. The fourth-order valence-corrected chi connectivity index (χ4v) is 2.78. The van der Waals surface area contributed by atoms with Crippen molar-refractivity contribution in [2.24, 2.45) is 0 Å². The number of nitrogens with one attached hydrogen (secondary N) is 1. The van der Waals surface area contributed by atoms with Gasteiger partial charge in [0.05, 0.1) is 23.7 Å². The maximum absolute atomic E-state index is 12.2.